The number of fused-ring (bicyclic) bond motifs is 4. The maximum absolute atomic E-state index is 6.39. The number of hydrogen-bond acceptors (Lipinski definition) is 4. The van der Waals surface area contributed by atoms with Gasteiger partial charge >= 0.3 is 0 Å². The van der Waals surface area contributed by atoms with Crippen molar-refractivity contribution < 1.29 is 0 Å². The Balaban J connectivity index is 1.81. The second kappa shape index (κ2) is 4.87. The summed E-state index contributed by atoms with van der Waals surface area (Å²) in [4.78, 5) is 0. The van der Waals surface area contributed by atoms with Gasteiger partial charge in [-0.3, -0.25) is 10.2 Å². The van der Waals surface area contributed by atoms with Crippen LogP contribution in [0.15, 0.2) is 24.0 Å². The zero-order chi connectivity index (χ0) is 16.3. The van der Waals surface area contributed by atoms with Gasteiger partial charge in [-0.1, -0.05) is 0 Å². The third-order valence-electron chi connectivity index (χ3n) is 5.41. The van der Waals surface area contributed by atoms with E-state index in [1.54, 1.807) is 0 Å². The third kappa shape index (κ3) is 1.76. The quantitative estimate of drug-likeness (QED) is 0.514. The highest BCUT2D eigenvalue weighted by molar-refractivity contribution is 6.04. The number of aromatic nitrogens is 4. The molecule has 122 valence electrons. The van der Waals surface area contributed by atoms with Crippen molar-refractivity contribution in [2.24, 2.45) is 0 Å². The molecule has 0 bridgehead atoms. The molecule has 1 unspecified atom stereocenters. The van der Waals surface area contributed by atoms with E-state index in [0.717, 1.165) is 40.8 Å². The fourth-order valence-electron chi connectivity index (χ4n) is 4.26. The second-order valence-corrected chi connectivity index (χ2v) is 6.79. The number of nitrogens with one attached hydrogen (secondary N) is 3. The van der Waals surface area contributed by atoms with Gasteiger partial charge in [0, 0.05) is 22.2 Å². The molecule has 3 aromatic rings. The summed E-state index contributed by atoms with van der Waals surface area (Å²) in [6.45, 7) is 2.07. The van der Waals surface area contributed by atoms with Crippen LogP contribution in [0.5, 0.6) is 0 Å². The smallest absolute Gasteiger partial charge is 0.0767 e. The average Bonchev–Trinajstić information content (AvgIpc) is 3.22. The number of aromatic amines is 2. The first kappa shape index (κ1) is 13.7. The van der Waals surface area contributed by atoms with Crippen molar-refractivity contribution >= 4 is 27.9 Å². The van der Waals surface area contributed by atoms with Crippen LogP contribution < -0.4 is 11.1 Å². The van der Waals surface area contributed by atoms with Crippen LogP contribution in [0.3, 0.4) is 0 Å². The van der Waals surface area contributed by atoms with Crippen LogP contribution in [-0.4, -0.2) is 20.4 Å². The summed E-state index contributed by atoms with van der Waals surface area (Å²) in [5.74, 6) is 0. The normalized spacial score (nSPS) is 20.0. The zero-order valence-electron chi connectivity index (χ0n) is 13.6. The van der Waals surface area contributed by atoms with E-state index in [1.807, 2.05) is 18.5 Å². The van der Waals surface area contributed by atoms with E-state index >= 15 is 0 Å². The number of benzene rings is 1. The molecule has 24 heavy (non-hydrogen) atoms. The molecule has 0 saturated heterocycles. The van der Waals surface area contributed by atoms with Crippen LogP contribution in [0.25, 0.3) is 16.5 Å². The van der Waals surface area contributed by atoms with E-state index in [2.05, 4.69) is 32.6 Å². The fourth-order valence-corrected chi connectivity index (χ4v) is 4.26. The van der Waals surface area contributed by atoms with Gasteiger partial charge in [-0.25, -0.2) is 0 Å². The molecular formula is C18H20N6. The number of nitrogens with two attached hydrogens (primary N) is 1. The Kier molecular flexibility index (Phi) is 2.77. The number of nitrogens with zero attached hydrogens (tertiary/aromatic N) is 2. The van der Waals surface area contributed by atoms with Crippen LogP contribution in [-0.2, 0) is 0 Å². The number of nitrogen functional groups attached to an aromatic ring is 1. The lowest BCUT2D eigenvalue weighted by atomic mass is 9.77. The molecule has 0 amide bonds. The van der Waals surface area contributed by atoms with Crippen molar-refractivity contribution in [3.05, 3.63) is 40.9 Å². The molecule has 1 atom stereocenters. The maximum Gasteiger partial charge on any atom is 0.0767 e. The Morgan fingerprint density at radius 2 is 1.96 bits per heavy atom. The van der Waals surface area contributed by atoms with Crippen molar-refractivity contribution in [2.45, 2.75) is 38.6 Å². The summed E-state index contributed by atoms with van der Waals surface area (Å²) in [6, 6.07) is 2.13. The van der Waals surface area contributed by atoms with Gasteiger partial charge in [0.05, 0.1) is 35.3 Å². The number of allylic oxidation sites excluding steroid dienone is 1. The molecule has 6 nitrogen and oxygen atoms in total. The molecular weight excluding hydrogens is 300 g/mol. The summed E-state index contributed by atoms with van der Waals surface area (Å²) >= 11 is 0. The van der Waals surface area contributed by atoms with Crippen LogP contribution >= 0.6 is 0 Å². The molecule has 0 radical (unpaired) electrons. The van der Waals surface area contributed by atoms with E-state index in [-0.39, 0.29) is 6.04 Å². The minimum atomic E-state index is 0.151. The molecule has 5 N–H and O–H groups in total. The topological polar surface area (TPSA) is 95.4 Å². The van der Waals surface area contributed by atoms with Crippen molar-refractivity contribution in [3.63, 3.8) is 0 Å². The van der Waals surface area contributed by atoms with Crippen molar-refractivity contribution in [2.75, 3.05) is 11.1 Å². The first-order valence-corrected chi connectivity index (χ1v) is 8.48. The van der Waals surface area contributed by atoms with Gasteiger partial charge < -0.3 is 11.1 Å². The Hall–Kier alpha value is -2.76. The molecule has 2 aliphatic rings. The monoisotopic (exact) mass is 320 g/mol. The third-order valence-corrected chi connectivity index (χ3v) is 5.41. The standard InChI is InChI=1S/C18H20N6/c1-9-12(7-20-23-9)17-11-5-3-2-4-10(11)16-13-8-21-24-15(13)6-14(19)18(16)22-17/h6-8,17,22H,2-5,19H2,1H3,(H,20,23)(H,21,24). The summed E-state index contributed by atoms with van der Waals surface area (Å²) in [6.07, 6.45) is 8.53. The molecule has 0 spiro atoms. The highest BCUT2D eigenvalue weighted by Crippen LogP contribution is 2.50. The van der Waals surface area contributed by atoms with Gasteiger partial charge in [0.2, 0.25) is 0 Å². The lowest BCUT2D eigenvalue weighted by molar-refractivity contribution is 0.668. The summed E-state index contributed by atoms with van der Waals surface area (Å²) in [5.41, 5.74) is 15.7. The number of rotatable bonds is 1. The van der Waals surface area contributed by atoms with Gasteiger partial charge in [-0.15, -0.1) is 0 Å². The second-order valence-electron chi connectivity index (χ2n) is 6.79. The summed E-state index contributed by atoms with van der Waals surface area (Å²) in [5, 5.41) is 19.4. The van der Waals surface area contributed by atoms with E-state index < -0.39 is 0 Å². The molecule has 0 fully saturated rings. The number of hydrogen-bond donors (Lipinski definition) is 4. The SMILES string of the molecule is Cc1[nH]ncc1C1Nc2c(N)cc3[nH]ncc3c2C2=C1CCCC2. The molecule has 1 aliphatic carbocycles. The van der Waals surface area contributed by atoms with Gasteiger partial charge in [0.1, 0.15) is 0 Å². The van der Waals surface area contributed by atoms with Crippen molar-refractivity contribution in [1.29, 1.82) is 0 Å². The molecule has 2 aromatic heterocycles. The van der Waals surface area contributed by atoms with Crippen LogP contribution in [0.2, 0.25) is 0 Å². The first-order valence-electron chi connectivity index (χ1n) is 8.48. The lowest BCUT2D eigenvalue weighted by Gasteiger charge is -2.36. The minimum Gasteiger partial charge on any atom is -0.397 e. The predicted molar refractivity (Wildman–Crippen MR) is 95.6 cm³/mol. The minimum absolute atomic E-state index is 0.151. The van der Waals surface area contributed by atoms with Crippen LogP contribution in [0.1, 0.15) is 48.5 Å². The van der Waals surface area contributed by atoms with Gasteiger partial charge in [0.15, 0.2) is 0 Å². The Morgan fingerprint density at radius 3 is 2.79 bits per heavy atom. The van der Waals surface area contributed by atoms with E-state index in [0.29, 0.717) is 0 Å². The number of anilines is 2. The van der Waals surface area contributed by atoms with E-state index in [1.165, 1.54) is 35.1 Å². The molecule has 5 rings (SSSR count). The largest absolute Gasteiger partial charge is 0.397 e. The van der Waals surface area contributed by atoms with Crippen LogP contribution in [0, 0.1) is 6.92 Å². The molecule has 3 heterocycles. The fraction of sp³-hybridized carbons (Fsp3) is 0.333. The molecule has 0 saturated carbocycles. The zero-order valence-corrected chi connectivity index (χ0v) is 13.6. The Bertz CT molecular complexity index is 977. The van der Waals surface area contributed by atoms with Gasteiger partial charge in [-0.05, 0) is 49.8 Å². The summed E-state index contributed by atoms with van der Waals surface area (Å²) < 4.78 is 0. The van der Waals surface area contributed by atoms with Crippen molar-refractivity contribution in [3.8, 4) is 0 Å². The highest BCUT2D eigenvalue weighted by Gasteiger charge is 2.33. The van der Waals surface area contributed by atoms with E-state index in [9.17, 15) is 0 Å². The van der Waals surface area contributed by atoms with E-state index in [4.69, 9.17) is 5.73 Å². The number of H-pyrrole nitrogens is 2. The predicted octanol–water partition coefficient (Wildman–Crippen LogP) is 3.67. The highest BCUT2D eigenvalue weighted by atomic mass is 15.1. The Labute approximate surface area is 139 Å². The number of aryl methyl sites for hydroxylation is 1. The lowest BCUT2D eigenvalue weighted by Crippen LogP contribution is -2.23. The average molecular weight is 320 g/mol. The maximum atomic E-state index is 6.39. The summed E-state index contributed by atoms with van der Waals surface area (Å²) in [7, 11) is 0. The molecule has 1 aliphatic heterocycles. The van der Waals surface area contributed by atoms with Gasteiger partial charge in [-0.2, -0.15) is 10.2 Å². The first-order chi connectivity index (χ1) is 11.7. The van der Waals surface area contributed by atoms with Crippen molar-refractivity contribution in [1.82, 2.24) is 20.4 Å². The molecule has 1 aromatic carbocycles. The Morgan fingerprint density at radius 1 is 1.12 bits per heavy atom. The van der Waals surface area contributed by atoms with Crippen LogP contribution in [0.4, 0.5) is 11.4 Å². The van der Waals surface area contributed by atoms with Gasteiger partial charge in [0.25, 0.3) is 0 Å². The molecule has 6 heteroatoms.